The number of benzene rings is 2. The maximum absolute atomic E-state index is 11.4. The van der Waals surface area contributed by atoms with Crippen LogP contribution in [0.4, 0.5) is 4.79 Å². The zero-order chi connectivity index (χ0) is 23.1. The Hall–Kier alpha value is -2.90. The molecule has 7 nitrogen and oxygen atoms in total. The van der Waals surface area contributed by atoms with E-state index >= 15 is 0 Å². The summed E-state index contributed by atoms with van der Waals surface area (Å²) in [5.74, 6) is -0.886. The first-order valence-electron chi connectivity index (χ1n) is 8.39. The molecule has 0 aromatic heterocycles. The van der Waals surface area contributed by atoms with E-state index in [4.69, 9.17) is 23.2 Å². The molecule has 0 bridgehead atoms. The molecule has 0 amide bonds. The highest BCUT2D eigenvalue weighted by atomic mass is 35.5. The second-order valence-corrected chi connectivity index (χ2v) is 6.16. The van der Waals surface area contributed by atoms with E-state index in [1.165, 1.54) is 28.3 Å². The Morgan fingerprint density at radius 1 is 0.733 bits per heavy atom. The average Bonchev–Trinajstić information content (AvgIpc) is 2.74. The Kier molecular flexibility index (Phi) is 13.6. The van der Waals surface area contributed by atoms with Gasteiger partial charge >= 0.3 is 12.1 Å². The fraction of sp³-hybridized carbons (Fsp3) is 0.238. The number of carbonyl (C=O) groups excluding carboxylic acids is 4. The smallest absolute Gasteiger partial charge is 0.469 e. The van der Waals surface area contributed by atoms with Gasteiger partial charge in [-0.2, -0.15) is 0 Å². The van der Waals surface area contributed by atoms with Crippen molar-refractivity contribution in [1.82, 2.24) is 0 Å². The Morgan fingerprint density at radius 3 is 1.47 bits per heavy atom. The van der Waals surface area contributed by atoms with E-state index in [9.17, 15) is 19.2 Å². The predicted octanol–water partition coefficient (Wildman–Crippen LogP) is 5.03. The Morgan fingerprint density at radius 2 is 1.17 bits per heavy atom. The van der Waals surface area contributed by atoms with Crippen LogP contribution in [0.2, 0.25) is 10.0 Å². The molecule has 0 aliphatic heterocycles. The van der Waals surface area contributed by atoms with Crippen molar-refractivity contribution in [1.29, 1.82) is 0 Å². The highest BCUT2D eigenvalue weighted by Gasteiger charge is 2.14. The molecule has 0 radical (unpaired) electrons. The third-order valence-corrected chi connectivity index (χ3v) is 3.95. The standard InChI is InChI=1S/C10H9ClO3.C8H7ClO.C3H6O3/c1-14-10(13)6-9(12)7-4-2-3-5-8(7)11;1-6(10)7-4-2-3-5-8(7)9;1-5-3(4)6-2/h2-5H,6H2,1H3;2-5H,1H3;1-2H3. The van der Waals surface area contributed by atoms with Gasteiger partial charge in [-0.15, -0.1) is 0 Å². The maximum atomic E-state index is 11.4. The molecule has 0 fully saturated rings. The number of Topliss-reactive ketones (excluding diaryl/α,β-unsaturated/α-hetero) is 2. The molecule has 30 heavy (non-hydrogen) atoms. The lowest BCUT2D eigenvalue weighted by molar-refractivity contribution is -0.139. The minimum Gasteiger partial charge on any atom is -0.469 e. The first-order valence-corrected chi connectivity index (χ1v) is 9.15. The lowest BCUT2D eigenvalue weighted by atomic mass is 10.1. The minimum atomic E-state index is -0.657. The van der Waals surface area contributed by atoms with Crippen molar-refractivity contribution in [2.24, 2.45) is 0 Å². The van der Waals surface area contributed by atoms with Crippen LogP contribution in [0.1, 0.15) is 34.1 Å². The molecule has 0 saturated heterocycles. The number of rotatable bonds is 4. The third kappa shape index (κ3) is 10.6. The summed E-state index contributed by atoms with van der Waals surface area (Å²) < 4.78 is 12.5. The molecule has 0 N–H and O–H groups in total. The fourth-order valence-electron chi connectivity index (χ4n) is 1.82. The quantitative estimate of drug-likeness (QED) is 0.361. The van der Waals surface area contributed by atoms with Crippen LogP contribution in [0.5, 0.6) is 0 Å². The van der Waals surface area contributed by atoms with Crippen molar-refractivity contribution in [2.75, 3.05) is 21.3 Å². The van der Waals surface area contributed by atoms with E-state index in [0.29, 0.717) is 21.2 Å². The van der Waals surface area contributed by atoms with Crippen LogP contribution in [0.15, 0.2) is 48.5 Å². The number of ether oxygens (including phenoxy) is 3. The van der Waals surface area contributed by atoms with Crippen LogP contribution < -0.4 is 0 Å². The van der Waals surface area contributed by atoms with E-state index in [1.807, 2.05) is 0 Å². The predicted molar refractivity (Wildman–Crippen MR) is 113 cm³/mol. The largest absolute Gasteiger partial charge is 0.507 e. The van der Waals surface area contributed by atoms with Gasteiger partial charge in [0.1, 0.15) is 6.42 Å². The molecule has 2 aromatic rings. The van der Waals surface area contributed by atoms with E-state index < -0.39 is 12.1 Å². The zero-order valence-corrected chi connectivity index (χ0v) is 18.5. The molecular formula is C21H22Cl2O7. The molecule has 0 unspecified atom stereocenters. The second kappa shape index (κ2) is 15.0. The topological polar surface area (TPSA) is 96.0 Å². The summed E-state index contributed by atoms with van der Waals surface area (Å²) in [6, 6.07) is 13.6. The van der Waals surface area contributed by atoms with Crippen LogP contribution in [0, 0.1) is 0 Å². The van der Waals surface area contributed by atoms with E-state index in [-0.39, 0.29) is 18.0 Å². The van der Waals surface area contributed by atoms with Gasteiger partial charge in [-0.05, 0) is 31.2 Å². The van der Waals surface area contributed by atoms with Crippen LogP contribution in [0.25, 0.3) is 0 Å². The molecule has 0 saturated carbocycles. The van der Waals surface area contributed by atoms with Crippen molar-refractivity contribution < 1.29 is 33.4 Å². The number of hydrogen-bond donors (Lipinski definition) is 0. The summed E-state index contributed by atoms with van der Waals surface area (Å²) in [4.78, 5) is 42.8. The van der Waals surface area contributed by atoms with Crippen molar-refractivity contribution in [3.63, 3.8) is 0 Å². The third-order valence-electron chi connectivity index (χ3n) is 3.29. The van der Waals surface area contributed by atoms with Gasteiger partial charge in [0.2, 0.25) is 0 Å². The highest BCUT2D eigenvalue weighted by Crippen LogP contribution is 2.16. The zero-order valence-electron chi connectivity index (χ0n) is 16.9. The van der Waals surface area contributed by atoms with Gasteiger partial charge in [-0.3, -0.25) is 14.4 Å². The van der Waals surface area contributed by atoms with Crippen LogP contribution in [-0.2, 0) is 19.0 Å². The van der Waals surface area contributed by atoms with Gasteiger partial charge in [-0.25, -0.2) is 4.79 Å². The Labute approximate surface area is 184 Å². The average molecular weight is 457 g/mol. The highest BCUT2D eigenvalue weighted by molar-refractivity contribution is 6.34. The van der Waals surface area contributed by atoms with E-state index in [2.05, 4.69) is 14.2 Å². The van der Waals surface area contributed by atoms with Crippen LogP contribution >= 0.6 is 23.2 Å². The van der Waals surface area contributed by atoms with Gasteiger partial charge in [0.05, 0.1) is 31.4 Å². The molecule has 2 rings (SSSR count). The fourth-order valence-corrected chi connectivity index (χ4v) is 2.33. The van der Waals surface area contributed by atoms with Crippen molar-refractivity contribution in [2.45, 2.75) is 13.3 Å². The molecule has 0 aliphatic rings. The number of ketones is 2. The summed E-state index contributed by atoms with van der Waals surface area (Å²) in [5.41, 5.74) is 0.934. The van der Waals surface area contributed by atoms with Crippen molar-refractivity contribution in [3.05, 3.63) is 69.7 Å². The maximum Gasteiger partial charge on any atom is 0.507 e. The van der Waals surface area contributed by atoms with Crippen molar-refractivity contribution in [3.8, 4) is 0 Å². The van der Waals surface area contributed by atoms with Gasteiger partial charge in [0, 0.05) is 11.1 Å². The molecule has 0 heterocycles. The van der Waals surface area contributed by atoms with Gasteiger partial charge in [0.25, 0.3) is 0 Å². The number of hydrogen-bond acceptors (Lipinski definition) is 7. The molecule has 0 spiro atoms. The van der Waals surface area contributed by atoms with Crippen molar-refractivity contribution >= 4 is 46.9 Å². The van der Waals surface area contributed by atoms with Crippen LogP contribution in [0.3, 0.4) is 0 Å². The lowest BCUT2D eigenvalue weighted by Crippen LogP contribution is -2.09. The van der Waals surface area contributed by atoms with Gasteiger partial charge in [0.15, 0.2) is 11.6 Å². The molecule has 9 heteroatoms. The van der Waals surface area contributed by atoms with E-state index in [1.54, 1.807) is 48.5 Å². The Balaban J connectivity index is 0.000000459. The summed E-state index contributed by atoms with van der Waals surface area (Å²) in [5, 5.41) is 0.872. The molecule has 0 aliphatic carbocycles. The first-order chi connectivity index (χ1) is 14.2. The second-order valence-electron chi connectivity index (χ2n) is 5.35. The molecule has 0 atom stereocenters. The molecule has 162 valence electrons. The van der Waals surface area contributed by atoms with Crippen LogP contribution in [-0.4, -0.2) is 45.0 Å². The van der Waals surface area contributed by atoms with Gasteiger partial charge < -0.3 is 14.2 Å². The number of esters is 1. The number of halogens is 2. The minimum absolute atomic E-state index is 0.00519. The summed E-state index contributed by atoms with van der Waals surface area (Å²) in [6.07, 6.45) is -0.935. The number of carbonyl (C=O) groups is 4. The Bertz CT molecular complexity index is 860. The molecular weight excluding hydrogens is 435 g/mol. The van der Waals surface area contributed by atoms with E-state index in [0.717, 1.165) is 0 Å². The summed E-state index contributed by atoms with van der Waals surface area (Å²) >= 11 is 11.5. The lowest BCUT2D eigenvalue weighted by Gasteiger charge is -2.01. The number of methoxy groups -OCH3 is 3. The summed E-state index contributed by atoms with van der Waals surface area (Å²) in [7, 11) is 3.75. The first kappa shape index (κ1) is 27.1. The summed E-state index contributed by atoms with van der Waals surface area (Å²) in [6.45, 7) is 1.50. The van der Waals surface area contributed by atoms with Gasteiger partial charge in [-0.1, -0.05) is 47.5 Å². The molecule has 2 aromatic carbocycles. The normalized spacial score (nSPS) is 9.00. The monoisotopic (exact) mass is 456 g/mol. The SMILES string of the molecule is CC(=O)c1ccccc1Cl.COC(=O)CC(=O)c1ccccc1Cl.COC(=O)OC.